The summed E-state index contributed by atoms with van der Waals surface area (Å²) in [6.07, 6.45) is 25.4. The highest BCUT2D eigenvalue weighted by atomic mass is 31.2. The summed E-state index contributed by atoms with van der Waals surface area (Å²) < 4.78 is 32.6. The molecule has 0 saturated carbocycles. The van der Waals surface area contributed by atoms with Crippen molar-refractivity contribution in [2.24, 2.45) is 10.8 Å². The van der Waals surface area contributed by atoms with E-state index in [9.17, 15) is 4.57 Å². The number of nitrogens with zero attached hydrogens (tertiary/aromatic N) is 2. The van der Waals surface area contributed by atoms with Crippen LogP contribution in [0.1, 0.15) is 176 Å². The second-order valence-electron chi connectivity index (χ2n) is 13.1. The summed E-state index contributed by atoms with van der Waals surface area (Å²) in [5.41, 5.74) is 0.476. The van der Waals surface area contributed by atoms with Crippen molar-refractivity contribution in [3.8, 4) is 0 Å². The zero-order valence-electron chi connectivity index (χ0n) is 27.8. The molecule has 0 radical (unpaired) electrons. The van der Waals surface area contributed by atoms with E-state index in [1.807, 2.05) is 0 Å². The van der Waals surface area contributed by atoms with Crippen molar-refractivity contribution in [2.75, 3.05) is 13.2 Å². The predicted molar refractivity (Wildman–Crippen MR) is 172 cm³/mol. The van der Waals surface area contributed by atoms with Crippen LogP contribution in [0.25, 0.3) is 0 Å². The maximum Gasteiger partial charge on any atom is 0.475 e. The fraction of sp³-hybridized carbons (Fsp3) is 0.939. The fourth-order valence-electron chi connectivity index (χ4n) is 5.48. The predicted octanol–water partition coefficient (Wildman–Crippen LogP) is 11.4. The highest BCUT2D eigenvalue weighted by Crippen LogP contribution is 2.53. The third-order valence-electron chi connectivity index (χ3n) is 8.52. The van der Waals surface area contributed by atoms with Crippen molar-refractivity contribution in [1.82, 2.24) is 15.4 Å². The van der Waals surface area contributed by atoms with Crippen LogP contribution in [0.15, 0.2) is 6.20 Å². The van der Waals surface area contributed by atoms with Gasteiger partial charge in [-0.15, -0.1) is 5.10 Å². The Bertz CT molecular complexity index is 709. The van der Waals surface area contributed by atoms with Gasteiger partial charge in [0.2, 0.25) is 0 Å². The Labute approximate surface area is 253 Å². The third-order valence-corrected chi connectivity index (χ3v) is 9.85. The molecule has 41 heavy (non-hydrogen) atoms. The lowest BCUT2D eigenvalue weighted by molar-refractivity contribution is 0.0366. The van der Waals surface area contributed by atoms with Gasteiger partial charge in [0.1, 0.15) is 12.3 Å². The lowest BCUT2D eigenvalue weighted by atomic mass is 9.80. The van der Waals surface area contributed by atoms with Gasteiger partial charge in [-0.3, -0.25) is 18.7 Å². The molecule has 1 N–H and O–H groups in total. The van der Waals surface area contributed by atoms with E-state index in [1.165, 1.54) is 103 Å². The van der Waals surface area contributed by atoms with Crippen LogP contribution >= 0.6 is 7.82 Å². The average Bonchev–Trinajstić information content (AvgIpc) is 3.50. The molecule has 1 rings (SSSR count). The SMILES string of the molecule is CCCCCCC(C)(CCCCCC)COP(=O)(OCc1c[nH]nn1)OCC(C)(CCCCCC)CCCCCC. The number of H-pyrrole nitrogens is 1. The van der Waals surface area contributed by atoms with Crippen LogP contribution in [-0.4, -0.2) is 28.6 Å². The lowest BCUT2D eigenvalue weighted by Gasteiger charge is -2.33. The first-order valence-corrected chi connectivity index (χ1v) is 18.6. The lowest BCUT2D eigenvalue weighted by Crippen LogP contribution is -2.26. The van der Waals surface area contributed by atoms with E-state index in [1.54, 1.807) is 6.20 Å². The van der Waals surface area contributed by atoms with Crippen molar-refractivity contribution in [1.29, 1.82) is 0 Å². The number of hydrogen-bond acceptors (Lipinski definition) is 6. The van der Waals surface area contributed by atoms with E-state index in [0.29, 0.717) is 18.9 Å². The molecule has 0 spiro atoms. The normalized spacial score (nSPS) is 12.8. The summed E-state index contributed by atoms with van der Waals surface area (Å²) in [5.74, 6) is 0. The van der Waals surface area contributed by atoms with E-state index >= 15 is 0 Å². The van der Waals surface area contributed by atoms with E-state index < -0.39 is 7.82 Å². The first-order valence-electron chi connectivity index (χ1n) is 17.1. The van der Waals surface area contributed by atoms with Gasteiger partial charge in [-0.2, -0.15) is 0 Å². The Morgan fingerprint density at radius 2 is 1.02 bits per heavy atom. The first kappa shape index (κ1) is 38.3. The van der Waals surface area contributed by atoms with Gasteiger partial charge in [-0.25, -0.2) is 4.57 Å². The molecule has 0 aromatic carbocycles. The number of unbranched alkanes of at least 4 members (excludes halogenated alkanes) is 12. The summed E-state index contributed by atoms with van der Waals surface area (Å²) >= 11 is 0. The van der Waals surface area contributed by atoms with Crippen molar-refractivity contribution >= 4 is 7.82 Å². The van der Waals surface area contributed by atoms with Crippen molar-refractivity contribution < 1.29 is 18.1 Å². The molecule has 1 aromatic rings. The van der Waals surface area contributed by atoms with Crippen LogP contribution in [0.2, 0.25) is 0 Å². The minimum Gasteiger partial charge on any atom is -0.286 e. The topological polar surface area (TPSA) is 86.3 Å². The summed E-state index contributed by atoms with van der Waals surface area (Å²) in [7, 11) is -3.81. The zero-order chi connectivity index (χ0) is 30.3. The fourth-order valence-corrected chi connectivity index (χ4v) is 6.93. The molecule has 0 atom stereocenters. The van der Waals surface area contributed by atoms with Gasteiger partial charge < -0.3 is 0 Å². The minimum atomic E-state index is -3.81. The number of hydrogen-bond donors (Lipinski definition) is 1. The van der Waals surface area contributed by atoms with E-state index in [0.717, 1.165) is 25.7 Å². The van der Waals surface area contributed by atoms with Crippen molar-refractivity contribution in [3.05, 3.63) is 11.9 Å². The van der Waals surface area contributed by atoms with Crippen LogP contribution in [0.3, 0.4) is 0 Å². The maximum atomic E-state index is 14.2. The molecule has 0 saturated heterocycles. The molecule has 0 aliphatic rings. The zero-order valence-corrected chi connectivity index (χ0v) is 28.7. The third kappa shape index (κ3) is 18.5. The molecule has 0 aliphatic heterocycles. The number of phosphoric acid groups is 1. The number of rotatable bonds is 29. The number of nitrogens with one attached hydrogen (secondary N) is 1. The second-order valence-corrected chi connectivity index (χ2v) is 14.8. The molecule has 0 unspecified atom stereocenters. The largest absolute Gasteiger partial charge is 0.475 e. The van der Waals surface area contributed by atoms with Gasteiger partial charge in [-0.05, 0) is 36.5 Å². The summed E-state index contributed by atoms with van der Waals surface area (Å²) in [5, 5.41) is 10.5. The average molecular weight is 600 g/mol. The minimum absolute atomic E-state index is 0.0429. The van der Waals surface area contributed by atoms with Crippen LogP contribution in [-0.2, 0) is 24.7 Å². The van der Waals surface area contributed by atoms with Gasteiger partial charge in [0, 0.05) is 6.20 Å². The molecule has 242 valence electrons. The molecule has 1 aromatic heterocycles. The molecular weight excluding hydrogens is 533 g/mol. The summed E-state index contributed by atoms with van der Waals surface area (Å²) in [4.78, 5) is 0. The van der Waals surface area contributed by atoms with Gasteiger partial charge in [0.05, 0.1) is 13.2 Å². The van der Waals surface area contributed by atoms with Gasteiger partial charge in [0.25, 0.3) is 0 Å². The quantitative estimate of drug-likeness (QED) is 0.0728. The van der Waals surface area contributed by atoms with Gasteiger partial charge in [-0.1, -0.05) is 149 Å². The van der Waals surface area contributed by atoms with E-state index in [2.05, 4.69) is 57.0 Å². The van der Waals surface area contributed by atoms with Gasteiger partial charge in [0.15, 0.2) is 0 Å². The highest BCUT2D eigenvalue weighted by molar-refractivity contribution is 7.48. The van der Waals surface area contributed by atoms with E-state index in [-0.39, 0.29) is 17.4 Å². The van der Waals surface area contributed by atoms with Crippen LogP contribution < -0.4 is 0 Å². The summed E-state index contributed by atoms with van der Waals surface area (Å²) in [6, 6.07) is 0. The Morgan fingerprint density at radius 3 is 1.34 bits per heavy atom. The standard InChI is InChI=1S/C33H66N3O4P/c1-7-11-15-19-23-32(5,24-20-16-12-8-2)29-39-41(37,38-28-31-27-34-36-35-31)40-30-33(6,25-21-17-13-9-3)26-22-18-14-10-4/h27H,7-26,28-30H2,1-6H3,(H,34,35,36). The van der Waals surface area contributed by atoms with E-state index in [4.69, 9.17) is 13.6 Å². The Morgan fingerprint density at radius 1 is 0.634 bits per heavy atom. The van der Waals surface area contributed by atoms with Crippen molar-refractivity contribution in [2.45, 2.75) is 177 Å². The van der Waals surface area contributed by atoms with Crippen molar-refractivity contribution in [3.63, 3.8) is 0 Å². The number of phosphoric ester groups is 1. The first-order chi connectivity index (χ1) is 19.7. The summed E-state index contributed by atoms with van der Waals surface area (Å²) in [6.45, 7) is 14.4. The molecular formula is C33H66N3O4P. The molecule has 0 fully saturated rings. The molecule has 0 amide bonds. The highest BCUT2D eigenvalue weighted by Gasteiger charge is 2.36. The maximum absolute atomic E-state index is 14.2. The Balaban J connectivity index is 2.98. The Hall–Kier alpha value is -0.750. The smallest absolute Gasteiger partial charge is 0.286 e. The molecule has 1 heterocycles. The van der Waals surface area contributed by atoms with Crippen LogP contribution in [0.4, 0.5) is 0 Å². The van der Waals surface area contributed by atoms with Crippen LogP contribution in [0.5, 0.6) is 0 Å². The monoisotopic (exact) mass is 599 g/mol. The number of aromatic nitrogens is 3. The molecule has 7 nitrogen and oxygen atoms in total. The number of aromatic amines is 1. The molecule has 0 aliphatic carbocycles. The Kier molecular flexibility index (Phi) is 21.2. The molecule has 0 bridgehead atoms. The van der Waals surface area contributed by atoms with Crippen LogP contribution in [0, 0.1) is 10.8 Å². The second kappa shape index (κ2) is 22.7. The molecule has 8 heteroatoms. The van der Waals surface area contributed by atoms with Gasteiger partial charge >= 0.3 is 7.82 Å².